The number of thiophene rings is 1. The van der Waals surface area contributed by atoms with Gasteiger partial charge in [-0.2, -0.15) is 0 Å². The topological polar surface area (TPSA) is 76.6 Å². The molecule has 1 aliphatic rings. The van der Waals surface area contributed by atoms with Gasteiger partial charge in [0.05, 0.1) is 36.1 Å². The first kappa shape index (κ1) is 18.0. The van der Waals surface area contributed by atoms with Gasteiger partial charge in [0, 0.05) is 20.2 Å². The summed E-state index contributed by atoms with van der Waals surface area (Å²) in [6.45, 7) is 7.13. The second kappa shape index (κ2) is 8.07. The minimum absolute atomic E-state index is 0.0543. The van der Waals surface area contributed by atoms with E-state index in [1.807, 2.05) is 11.8 Å². The lowest BCUT2D eigenvalue weighted by molar-refractivity contribution is 0.0306. The van der Waals surface area contributed by atoms with E-state index in [9.17, 15) is 4.79 Å². The molecule has 3 rings (SSSR count). The van der Waals surface area contributed by atoms with Gasteiger partial charge in [0.1, 0.15) is 17.0 Å². The predicted octanol–water partition coefficient (Wildman–Crippen LogP) is 2.31. The van der Waals surface area contributed by atoms with Gasteiger partial charge in [-0.25, -0.2) is 9.97 Å². The molecule has 0 aliphatic carbocycles. The van der Waals surface area contributed by atoms with Gasteiger partial charge in [-0.05, 0) is 18.9 Å². The van der Waals surface area contributed by atoms with Gasteiger partial charge in [-0.3, -0.25) is 4.79 Å². The van der Waals surface area contributed by atoms with Crippen molar-refractivity contribution in [3.05, 3.63) is 16.8 Å². The van der Waals surface area contributed by atoms with E-state index in [0.717, 1.165) is 32.9 Å². The summed E-state index contributed by atoms with van der Waals surface area (Å²) in [5, 5.41) is 4.36. The first-order valence-electron chi connectivity index (χ1n) is 8.52. The van der Waals surface area contributed by atoms with Gasteiger partial charge in [0.15, 0.2) is 0 Å². The zero-order valence-corrected chi connectivity index (χ0v) is 15.7. The summed E-state index contributed by atoms with van der Waals surface area (Å²) in [7, 11) is 1.69. The fraction of sp³-hybridized carbons (Fsp3) is 0.588. The van der Waals surface area contributed by atoms with Gasteiger partial charge >= 0.3 is 0 Å². The summed E-state index contributed by atoms with van der Waals surface area (Å²) in [5.74, 6) is 0.822. The Morgan fingerprint density at radius 3 is 2.88 bits per heavy atom. The average Bonchev–Trinajstić information content (AvgIpc) is 2.99. The molecule has 25 heavy (non-hydrogen) atoms. The second-order valence-corrected chi connectivity index (χ2v) is 7.07. The lowest BCUT2D eigenvalue weighted by Crippen LogP contribution is -2.40. The van der Waals surface area contributed by atoms with Crippen molar-refractivity contribution in [3.63, 3.8) is 0 Å². The van der Waals surface area contributed by atoms with Crippen LogP contribution in [0.4, 0.5) is 5.82 Å². The maximum absolute atomic E-state index is 12.9. The predicted molar refractivity (Wildman–Crippen MR) is 98.5 cm³/mol. The number of nitrogens with zero attached hydrogens (tertiary/aromatic N) is 3. The number of methoxy groups -OCH3 is 1. The van der Waals surface area contributed by atoms with Crippen LogP contribution in [0.2, 0.25) is 0 Å². The van der Waals surface area contributed by atoms with E-state index >= 15 is 0 Å². The number of carbonyl (C=O) groups excluding carboxylic acids is 1. The minimum atomic E-state index is 0.0543. The zero-order chi connectivity index (χ0) is 17.8. The fourth-order valence-corrected chi connectivity index (χ4v) is 4.07. The highest BCUT2D eigenvalue weighted by molar-refractivity contribution is 7.20. The monoisotopic (exact) mass is 364 g/mol. The van der Waals surface area contributed by atoms with Crippen molar-refractivity contribution in [2.75, 3.05) is 45.3 Å². The van der Waals surface area contributed by atoms with Crippen LogP contribution >= 0.6 is 11.3 Å². The van der Waals surface area contributed by atoms with Crippen molar-refractivity contribution in [2.24, 2.45) is 0 Å². The molecular weight excluding hydrogens is 340 g/mol. The van der Waals surface area contributed by atoms with Crippen molar-refractivity contribution >= 4 is 33.3 Å². The Hall–Kier alpha value is -1.77. The van der Waals surface area contributed by atoms with E-state index in [1.165, 1.54) is 11.3 Å². The Morgan fingerprint density at radius 2 is 2.20 bits per heavy atom. The molecule has 1 amide bonds. The van der Waals surface area contributed by atoms with Crippen molar-refractivity contribution in [2.45, 2.75) is 26.3 Å². The molecule has 136 valence electrons. The average molecular weight is 364 g/mol. The van der Waals surface area contributed by atoms with Crippen LogP contribution in [0.25, 0.3) is 10.2 Å². The summed E-state index contributed by atoms with van der Waals surface area (Å²) in [6.07, 6.45) is 2.46. The summed E-state index contributed by atoms with van der Waals surface area (Å²) >= 11 is 1.43. The first-order valence-corrected chi connectivity index (χ1v) is 9.34. The summed E-state index contributed by atoms with van der Waals surface area (Å²) in [5.41, 5.74) is 0.937. The maximum Gasteiger partial charge on any atom is 0.264 e. The highest BCUT2D eigenvalue weighted by Crippen LogP contribution is 2.34. The Morgan fingerprint density at radius 1 is 1.44 bits per heavy atom. The Bertz CT molecular complexity index is 743. The zero-order valence-electron chi connectivity index (χ0n) is 14.9. The van der Waals surface area contributed by atoms with Crippen LogP contribution in [0.5, 0.6) is 0 Å². The molecule has 1 atom stereocenters. The molecule has 2 aromatic rings. The molecule has 1 fully saturated rings. The standard InChI is InChI=1S/C17H24N4O3S/c1-4-12(9-23-3)20-15-13-11(2)14(25-16(13)19-10-18-15)17(22)21-5-7-24-8-6-21/h10,12H,4-9H2,1-3H3,(H,18,19,20)/t12-/m0/s1. The van der Waals surface area contributed by atoms with E-state index in [0.29, 0.717) is 32.9 Å². The fourth-order valence-electron chi connectivity index (χ4n) is 2.95. The molecule has 0 bridgehead atoms. The van der Waals surface area contributed by atoms with Crippen molar-refractivity contribution in [3.8, 4) is 0 Å². The molecule has 1 saturated heterocycles. The number of fused-ring (bicyclic) bond motifs is 1. The number of nitrogens with one attached hydrogen (secondary N) is 1. The lowest BCUT2D eigenvalue weighted by atomic mass is 10.1. The molecule has 2 aromatic heterocycles. The Kier molecular flexibility index (Phi) is 5.82. The molecule has 0 unspecified atom stereocenters. The molecule has 1 aliphatic heterocycles. The van der Waals surface area contributed by atoms with Crippen LogP contribution in [0.1, 0.15) is 28.6 Å². The normalized spacial score (nSPS) is 16.2. The molecule has 7 nitrogen and oxygen atoms in total. The third-order valence-electron chi connectivity index (χ3n) is 4.42. The van der Waals surface area contributed by atoms with Crippen molar-refractivity contribution in [1.29, 1.82) is 0 Å². The quantitative estimate of drug-likeness (QED) is 0.848. The first-order chi connectivity index (χ1) is 12.2. The van der Waals surface area contributed by atoms with Crippen LogP contribution in [0.15, 0.2) is 6.33 Å². The summed E-state index contributed by atoms with van der Waals surface area (Å²) < 4.78 is 10.6. The third-order valence-corrected chi connectivity index (χ3v) is 5.61. The van der Waals surface area contributed by atoms with Crippen LogP contribution < -0.4 is 5.32 Å². The number of ether oxygens (including phenoxy) is 2. The third kappa shape index (κ3) is 3.75. The number of anilines is 1. The van der Waals surface area contributed by atoms with Gasteiger partial charge in [0.25, 0.3) is 5.91 Å². The second-order valence-electron chi connectivity index (χ2n) is 6.07. The van der Waals surface area contributed by atoms with Gasteiger partial charge in [-0.15, -0.1) is 11.3 Å². The molecule has 0 aromatic carbocycles. The van der Waals surface area contributed by atoms with Crippen LogP contribution in [0, 0.1) is 6.92 Å². The number of amides is 1. The molecule has 0 spiro atoms. The molecular formula is C17H24N4O3S. The highest BCUT2D eigenvalue weighted by Gasteiger charge is 2.25. The number of carbonyl (C=O) groups is 1. The Labute approximate surface area is 151 Å². The molecule has 0 radical (unpaired) electrons. The molecule has 1 N–H and O–H groups in total. The number of rotatable bonds is 6. The van der Waals surface area contributed by atoms with Crippen molar-refractivity contribution < 1.29 is 14.3 Å². The van der Waals surface area contributed by atoms with Crippen LogP contribution in [0.3, 0.4) is 0 Å². The molecule has 8 heteroatoms. The number of hydrogen-bond donors (Lipinski definition) is 1. The summed E-state index contributed by atoms with van der Waals surface area (Å²) in [6, 6.07) is 0.167. The number of aromatic nitrogens is 2. The maximum atomic E-state index is 12.9. The van der Waals surface area contributed by atoms with Crippen molar-refractivity contribution in [1.82, 2.24) is 14.9 Å². The largest absolute Gasteiger partial charge is 0.383 e. The lowest BCUT2D eigenvalue weighted by Gasteiger charge is -2.26. The number of aryl methyl sites for hydroxylation is 1. The summed E-state index contributed by atoms with van der Waals surface area (Å²) in [4.78, 5) is 25.1. The van der Waals surface area contributed by atoms with Crippen LogP contribution in [-0.4, -0.2) is 66.8 Å². The number of hydrogen-bond acceptors (Lipinski definition) is 7. The van der Waals surface area contributed by atoms with E-state index in [2.05, 4.69) is 22.2 Å². The van der Waals surface area contributed by atoms with E-state index < -0.39 is 0 Å². The van der Waals surface area contributed by atoms with Gasteiger partial charge in [-0.1, -0.05) is 6.92 Å². The van der Waals surface area contributed by atoms with Crippen LogP contribution in [-0.2, 0) is 9.47 Å². The number of morpholine rings is 1. The van der Waals surface area contributed by atoms with Gasteiger partial charge < -0.3 is 19.7 Å². The van der Waals surface area contributed by atoms with E-state index in [4.69, 9.17) is 9.47 Å². The highest BCUT2D eigenvalue weighted by atomic mass is 32.1. The minimum Gasteiger partial charge on any atom is -0.383 e. The SMILES string of the molecule is CC[C@@H](COC)Nc1ncnc2sc(C(=O)N3CCOCC3)c(C)c12. The van der Waals surface area contributed by atoms with Gasteiger partial charge in [0.2, 0.25) is 0 Å². The van der Waals surface area contributed by atoms with E-state index in [-0.39, 0.29) is 11.9 Å². The molecule has 3 heterocycles. The Balaban J connectivity index is 1.93. The smallest absolute Gasteiger partial charge is 0.264 e. The van der Waals surface area contributed by atoms with E-state index in [1.54, 1.807) is 13.4 Å². The molecule has 0 saturated carbocycles.